The van der Waals surface area contributed by atoms with E-state index in [1.54, 1.807) is 37.6 Å². The number of anilines is 2. The molecule has 0 fully saturated rings. The number of benzene rings is 2. The number of carbonyl (C=O) groups is 2. The third kappa shape index (κ3) is 3.84. The Kier molecular flexibility index (Phi) is 5.13. The van der Waals surface area contributed by atoms with Crippen molar-refractivity contribution in [2.75, 3.05) is 26.0 Å². The zero-order valence-electron chi connectivity index (χ0n) is 17.2. The molecule has 154 valence electrons. The molecule has 0 spiro atoms. The topological polar surface area (TPSA) is 92.1 Å². The van der Waals surface area contributed by atoms with E-state index in [1.165, 1.54) is 10.5 Å². The standard InChI is InChI=1S/C21H22N6O2S/c1-12-5-7-14-17(9-12)30-21(24-14)25-20-23-15-10-13(6-8-16(15)27(20)4)19(29)22-11-18(28)26(2)3/h5-10H,11H2,1-4H3,(H,22,29)(H,23,24,25). The van der Waals surface area contributed by atoms with Gasteiger partial charge in [-0.05, 0) is 42.8 Å². The lowest BCUT2D eigenvalue weighted by molar-refractivity contribution is -0.127. The van der Waals surface area contributed by atoms with Crippen molar-refractivity contribution in [1.82, 2.24) is 24.8 Å². The molecule has 4 aromatic rings. The molecule has 0 saturated heterocycles. The van der Waals surface area contributed by atoms with Crippen LogP contribution in [0.4, 0.5) is 11.1 Å². The van der Waals surface area contributed by atoms with Crippen molar-refractivity contribution in [2.24, 2.45) is 7.05 Å². The Hall–Kier alpha value is -3.46. The molecule has 30 heavy (non-hydrogen) atoms. The van der Waals surface area contributed by atoms with Gasteiger partial charge >= 0.3 is 0 Å². The van der Waals surface area contributed by atoms with E-state index in [1.807, 2.05) is 29.8 Å². The molecule has 4 rings (SSSR count). The van der Waals surface area contributed by atoms with Crippen LogP contribution in [0.25, 0.3) is 21.3 Å². The lowest BCUT2D eigenvalue weighted by atomic mass is 10.2. The van der Waals surface area contributed by atoms with E-state index in [2.05, 4.69) is 33.6 Å². The molecular weight excluding hydrogens is 400 g/mol. The summed E-state index contributed by atoms with van der Waals surface area (Å²) in [5, 5.41) is 6.68. The molecule has 8 nitrogen and oxygen atoms in total. The van der Waals surface area contributed by atoms with E-state index >= 15 is 0 Å². The largest absolute Gasteiger partial charge is 0.347 e. The average Bonchev–Trinajstić information content (AvgIpc) is 3.25. The predicted molar refractivity (Wildman–Crippen MR) is 119 cm³/mol. The Morgan fingerprint density at radius 3 is 2.67 bits per heavy atom. The molecule has 2 aromatic heterocycles. The van der Waals surface area contributed by atoms with Gasteiger partial charge in [-0.2, -0.15) is 0 Å². The average molecular weight is 423 g/mol. The number of imidazole rings is 1. The van der Waals surface area contributed by atoms with Crippen molar-refractivity contribution in [3.8, 4) is 0 Å². The number of nitrogens with zero attached hydrogens (tertiary/aromatic N) is 4. The van der Waals surface area contributed by atoms with Gasteiger partial charge in [0.2, 0.25) is 11.9 Å². The molecule has 2 heterocycles. The monoisotopic (exact) mass is 422 g/mol. The summed E-state index contributed by atoms with van der Waals surface area (Å²) in [7, 11) is 5.20. The Balaban J connectivity index is 1.57. The Morgan fingerprint density at radius 1 is 1.10 bits per heavy atom. The van der Waals surface area contributed by atoms with Crippen LogP contribution in [0.5, 0.6) is 0 Å². The molecule has 0 radical (unpaired) electrons. The summed E-state index contributed by atoms with van der Waals surface area (Å²) in [5.74, 6) is 0.162. The predicted octanol–water partition coefficient (Wildman–Crippen LogP) is 3.05. The maximum absolute atomic E-state index is 12.4. The highest BCUT2D eigenvalue weighted by Crippen LogP contribution is 2.29. The molecule has 0 aliphatic rings. The summed E-state index contributed by atoms with van der Waals surface area (Å²) in [5.41, 5.74) is 4.16. The van der Waals surface area contributed by atoms with Crippen LogP contribution in [-0.2, 0) is 11.8 Å². The number of rotatable bonds is 5. The van der Waals surface area contributed by atoms with E-state index in [0.717, 1.165) is 20.9 Å². The van der Waals surface area contributed by atoms with Gasteiger partial charge in [-0.25, -0.2) is 9.97 Å². The maximum atomic E-state index is 12.4. The molecule has 2 aromatic carbocycles. The third-order valence-electron chi connectivity index (χ3n) is 4.80. The number of amides is 2. The highest BCUT2D eigenvalue weighted by Gasteiger charge is 2.14. The van der Waals surface area contributed by atoms with Crippen molar-refractivity contribution in [2.45, 2.75) is 6.92 Å². The van der Waals surface area contributed by atoms with Crippen molar-refractivity contribution in [3.63, 3.8) is 0 Å². The minimum Gasteiger partial charge on any atom is -0.347 e. The first-order valence-electron chi connectivity index (χ1n) is 9.41. The molecule has 0 aliphatic carbocycles. The second-order valence-corrected chi connectivity index (χ2v) is 8.31. The molecule has 0 atom stereocenters. The number of thiazole rings is 1. The van der Waals surface area contributed by atoms with Gasteiger partial charge in [-0.3, -0.25) is 9.59 Å². The molecule has 0 unspecified atom stereocenters. The summed E-state index contributed by atoms with van der Waals surface area (Å²) in [6.45, 7) is 2.01. The number of fused-ring (bicyclic) bond motifs is 2. The first-order valence-corrected chi connectivity index (χ1v) is 10.2. The number of likely N-dealkylation sites (N-methyl/N-ethyl adjacent to an activating group) is 1. The summed E-state index contributed by atoms with van der Waals surface area (Å²) in [6, 6.07) is 11.4. The van der Waals surface area contributed by atoms with E-state index in [4.69, 9.17) is 0 Å². The van der Waals surface area contributed by atoms with Crippen LogP contribution in [0.2, 0.25) is 0 Å². The fourth-order valence-corrected chi connectivity index (χ4v) is 4.01. The van der Waals surface area contributed by atoms with Crippen molar-refractivity contribution < 1.29 is 9.59 Å². The van der Waals surface area contributed by atoms with E-state index in [-0.39, 0.29) is 18.4 Å². The normalized spacial score (nSPS) is 11.1. The van der Waals surface area contributed by atoms with Crippen LogP contribution in [-0.4, -0.2) is 51.9 Å². The third-order valence-corrected chi connectivity index (χ3v) is 5.74. The number of nitrogens with one attached hydrogen (secondary N) is 2. The molecule has 9 heteroatoms. The van der Waals surface area contributed by atoms with Gasteiger partial charge in [0, 0.05) is 26.7 Å². The van der Waals surface area contributed by atoms with Gasteiger partial charge in [0.1, 0.15) is 0 Å². The zero-order chi connectivity index (χ0) is 21.4. The van der Waals surface area contributed by atoms with Gasteiger partial charge in [0.25, 0.3) is 5.91 Å². The van der Waals surface area contributed by atoms with Crippen LogP contribution in [0.15, 0.2) is 36.4 Å². The first-order chi connectivity index (χ1) is 14.3. The SMILES string of the molecule is Cc1ccc2nc(Nc3nc4cc(C(=O)NCC(=O)N(C)C)ccc4n3C)sc2c1. The van der Waals surface area contributed by atoms with E-state index < -0.39 is 0 Å². The minimum absolute atomic E-state index is 0.0457. The van der Waals surface area contributed by atoms with E-state index in [9.17, 15) is 9.59 Å². The summed E-state index contributed by atoms with van der Waals surface area (Å²) in [4.78, 5) is 34.7. The minimum atomic E-state index is -0.311. The highest BCUT2D eigenvalue weighted by atomic mass is 32.1. The number of hydrogen-bond acceptors (Lipinski definition) is 6. The zero-order valence-corrected chi connectivity index (χ0v) is 18.0. The Bertz CT molecular complexity index is 1270. The van der Waals surface area contributed by atoms with Gasteiger partial charge in [0.15, 0.2) is 5.13 Å². The molecular formula is C21H22N6O2S. The maximum Gasteiger partial charge on any atom is 0.251 e. The molecule has 0 bridgehead atoms. The molecule has 0 saturated carbocycles. The van der Waals surface area contributed by atoms with Gasteiger partial charge in [0.05, 0.1) is 27.8 Å². The van der Waals surface area contributed by atoms with Gasteiger partial charge in [-0.1, -0.05) is 17.4 Å². The van der Waals surface area contributed by atoms with Gasteiger partial charge < -0.3 is 20.1 Å². The number of carbonyl (C=O) groups excluding carboxylic acids is 2. The quantitative estimate of drug-likeness (QED) is 0.516. The summed E-state index contributed by atoms with van der Waals surface area (Å²) in [6.07, 6.45) is 0. The van der Waals surface area contributed by atoms with Crippen LogP contribution in [0.3, 0.4) is 0 Å². The summed E-state index contributed by atoms with van der Waals surface area (Å²) < 4.78 is 3.03. The van der Waals surface area contributed by atoms with Crippen molar-refractivity contribution in [3.05, 3.63) is 47.5 Å². The lowest BCUT2D eigenvalue weighted by Gasteiger charge is -2.10. The highest BCUT2D eigenvalue weighted by molar-refractivity contribution is 7.22. The fourth-order valence-electron chi connectivity index (χ4n) is 3.05. The molecule has 2 amide bonds. The van der Waals surface area contributed by atoms with E-state index in [0.29, 0.717) is 17.0 Å². The fraction of sp³-hybridized carbons (Fsp3) is 0.238. The van der Waals surface area contributed by atoms with Gasteiger partial charge in [-0.15, -0.1) is 0 Å². The van der Waals surface area contributed by atoms with Crippen LogP contribution in [0, 0.1) is 6.92 Å². The first kappa shape index (κ1) is 19.8. The molecule has 0 aliphatic heterocycles. The Morgan fingerprint density at radius 2 is 1.90 bits per heavy atom. The van der Waals surface area contributed by atoms with Crippen molar-refractivity contribution in [1.29, 1.82) is 0 Å². The number of aromatic nitrogens is 3. The summed E-state index contributed by atoms with van der Waals surface area (Å²) >= 11 is 1.57. The smallest absolute Gasteiger partial charge is 0.251 e. The Labute approximate surface area is 177 Å². The van der Waals surface area contributed by atoms with Crippen LogP contribution in [0.1, 0.15) is 15.9 Å². The lowest BCUT2D eigenvalue weighted by Crippen LogP contribution is -2.36. The van der Waals surface area contributed by atoms with Crippen molar-refractivity contribution >= 4 is 55.5 Å². The second-order valence-electron chi connectivity index (χ2n) is 7.28. The number of hydrogen-bond donors (Lipinski definition) is 2. The van der Waals surface area contributed by atoms with Crippen LogP contribution >= 0.6 is 11.3 Å². The molecule has 2 N–H and O–H groups in total. The van der Waals surface area contributed by atoms with Crippen LogP contribution < -0.4 is 10.6 Å². The second kappa shape index (κ2) is 7.75. The number of aryl methyl sites for hydroxylation is 2.